The number of Topliss-reactive ketones (excluding diaryl/α,β-unsaturated/α-hetero) is 2. The summed E-state index contributed by atoms with van der Waals surface area (Å²) in [5.41, 5.74) is 1.02. The first kappa shape index (κ1) is 14.6. The summed E-state index contributed by atoms with van der Waals surface area (Å²) in [6.07, 6.45) is 7.22. The number of aliphatic hydroxyl groups is 1. The van der Waals surface area contributed by atoms with E-state index < -0.39 is 6.10 Å². The fourth-order valence-corrected chi connectivity index (χ4v) is 6.24. The summed E-state index contributed by atoms with van der Waals surface area (Å²) < 4.78 is 0. The third kappa shape index (κ3) is 1.72. The van der Waals surface area contributed by atoms with Gasteiger partial charge < -0.3 is 5.11 Å². The number of carbonyl (C=O) groups is 2. The Morgan fingerprint density at radius 3 is 2.55 bits per heavy atom. The maximum Gasteiger partial charge on any atom is 0.139 e. The molecule has 0 amide bonds. The molecule has 6 atom stereocenters. The molecule has 0 radical (unpaired) electrons. The zero-order chi connectivity index (χ0) is 15.7. The van der Waals surface area contributed by atoms with Crippen LogP contribution in [0.4, 0.5) is 0 Å². The molecule has 0 heterocycles. The van der Waals surface area contributed by atoms with Crippen molar-refractivity contribution in [3.63, 3.8) is 0 Å². The Morgan fingerprint density at radius 1 is 1.05 bits per heavy atom. The molecule has 0 aromatic carbocycles. The van der Waals surface area contributed by atoms with Gasteiger partial charge >= 0.3 is 0 Å². The average Bonchev–Trinajstić information content (AvgIpc) is 2.77. The molecule has 0 spiro atoms. The summed E-state index contributed by atoms with van der Waals surface area (Å²) in [6, 6.07) is 0. The number of rotatable bonds is 0. The van der Waals surface area contributed by atoms with Crippen LogP contribution in [0.15, 0.2) is 11.6 Å². The number of allylic oxidation sites excluding steroid dienone is 1. The smallest absolute Gasteiger partial charge is 0.139 e. The van der Waals surface area contributed by atoms with Gasteiger partial charge in [0, 0.05) is 24.7 Å². The summed E-state index contributed by atoms with van der Waals surface area (Å²) >= 11 is 0. The molecule has 120 valence electrons. The van der Waals surface area contributed by atoms with Crippen molar-refractivity contribution in [2.45, 2.75) is 64.9 Å². The van der Waals surface area contributed by atoms with Crippen LogP contribution in [0.1, 0.15) is 58.8 Å². The molecular weight excluding hydrogens is 276 g/mol. The molecule has 0 saturated heterocycles. The first-order chi connectivity index (χ1) is 10.4. The van der Waals surface area contributed by atoms with Crippen LogP contribution in [0.2, 0.25) is 0 Å². The van der Waals surface area contributed by atoms with Gasteiger partial charge in [0.1, 0.15) is 11.6 Å². The largest absolute Gasteiger partial charge is 0.389 e. The zero-order valence-corrected chi connectivity index (χ0v) is 13.6. The maximum atomic E-state index is 12.4. The van der Waals surface area contributed by atoms with Crippen molar-refractivity contribution in [3.8, 4) is 0 Å². The van der Waals surface area contributed by atoms with Gasteiger partial charge in [-0.2, -0.15) is 0 Å². The topological polar surface area (TPSA) is 54.4 Å². The van der Waals surface area contributed by atoms with E-state index in [-0.39, 0.29) is 16.7 Å². The van der Waals surface area contributed by atoms with Gasteiger partial charge in [0.25, 0.3) is 0 Å². The van der Waals surface area contributed by atoms with E-state index >= 15 is 0 Å². The van der Waals surface area contributed by atoms with Gasteiger partial charge in [-0.05, 0) is 48.9 Å². The minimum atomic E-state index is -0.477. The third-order valence-corrected chi connectivity index (χ3v) is 7.67. The van der Waals surface area contributed by atoms with E-state index in [1.54, 1.807) is 0 Å². The van der Waals surface area contributed by atoms with Crippen molar-refractivity contribution < 1.29 is 14.7 Å². The molecule has 3 heteroatoms. The number of ketones is 2. The Balaban J connectivity index is 1.76. The molecule has 4 unspecified atom stereocenters. The number of carbonyl (C=O) groups excluding carboxylic acids is 2. The van der Waals surface area contributed by atoms with Crippen molar-refractivity contribution in [2.24, 2.45) is 28.6 Å². The van der Waals surface area contributed by atoms with Crippen LogP contribution in [0.3, 0.4) is 0 Å². The molecule has 4 rings (SSSR count). The highest BCUT2D eigenvalue weighted by atomic mass is 16.3. The lowest BCUT2D eigenvalue weighted by molar-refractivity contribution is -0.136. The molecule has 4 aliphatic rings. The SMILES string of the molecule is C[C@]12CCC(=O)CC1=CC(O)C1C2CC[C@]2(C)C(=O)CCC12. The van der Waals surface area contributed by atoms with Crippen molar-refractivity contribution in [2.75, 3.05) is 0 Å². The second-order valence-corrected chi connectivity index (χ2v) is 8.52. The molecule has 0 aromatic rings. The van der Waals surface area contributed by atoms with Crippen LogP contribution in [-0.2, 0) is 9.59 Å². The summed E-state index contributed by atoms with van der Waals surface area (Å²) in [5, 5.41) is 10.8. The minimum absolute atomic E-state index is 0.0603. The highest BCUT2D eigenvalue weighted by Crippen LogP contribution is 2.63. The van der Waals surface area contributed by atoms with Gasteiger partial charge in [-0.1, -0.05) is 25.5 Å². The van der Waals surface area contributed by atoms with Crippen molar-refractivity contribution in [1.29, 1.82) is 0 Å². The van der Waals surface area contributed by atoms with Crippen molar-refractivity contribution in [1.82, 2.24) is 0 Å². The van der Waals surface area contributed by atoms with Crippen LogP contribution in [0.5, 0.6) is 0 Å². The normalized spacial score (nSPS) is 51.0. The molecular formula is C19H26O3. The maximum absolute atomic E-state index is 12.4. The first-order valence-corrected chi connectivity index (χ1v) is 8.80. The summed E-state index contributed by atoms with van der Waals surface area (Å²) in [6.45, 7) is 4.43. The van der Waals surface area contributed by atoms with E-state index in [0.717, 1.165) is 25.7 Å². The zero-order valence-electron chi connectivity index (χ0n) is 13.6. The van der Waals surface area contributed by atoms with E-state index in [1.165, 1.54) is 5.57 Å². The molecule has 0 aliphatic heterocycles. The van der Waals surface area contributed by atoms with Gasteiger partial charge in [0.05, 0.1) is 6.10 Å². The molecule has 22 heavy (non-hydrogen) atoms. The first-order valence-electron chi connectivity index (χ1n) is 8.80. The molecule has 3 nitrogen and oxygen atoms in total. The monoisotopic (exact) mass is 302 g/mol. The van der Waals surface area contributed by atoms with Gasteiger partial charge in [0.15, 0.2) is 0 Å². The van der Waals surface area contributed by atoms with Gasteiger partial charge in [-0.15, -0.1) is 0 Å². The highest BCUT2D eigenvalue weighted by Gasteiger charge is 2.60. The summed E-state index contributed by atoms with van der Waals surface area (Å²) in [7, 11) is 0. The highest BCUT2D eigenvalue weighted by molar-refractivity contribution is 5.87. The standard InChI is InChI=1S/C19H26O3/c1-18-7-5-12(20)9-11(18)10-15(21)17-13-3-4-16(22)19(13,2)8-6-14(17)18/h10,13-15,17,21H,3-9H2,1-2H3/t13?,14?,15?,17?,18-,19-/m0/s1. The van der Waals surface area contributed by atoms with Gasteiger partial charge in [-0.25, -0.2) is 0 Å². The van der Waals surface area contributed by atoms with Gasteiger partial charge in [-0.3, -0.25) is 9.59 Å². The van der Waals surface area contributed by atoms with E-state index in [1.807, 2.05) is 6.08 Å². The molecule has 0 aromatic heterocycles. The molecule has 3 fully saturated rings. The molecule has 4 aliphatic carbocycles. The Morgan fingerprint density at radius 2 is 1.77 bits per heavy atom. The molecule has 1 N–H and O–H groups in total. The van der Waals surface area contributed by atoms with Gasteiger partial charge in [0.2, 0.25) is 0 Å². The van der Waals surface area contributed by atoms with Crippen LogP contribution in [0, 0.1) is 28.6 Å². The van der Waals surface area contributed by atoms with Crippen molar-refractivity contribution >= 4 is 11.6 Å². The Labute approximate surface area is 132 Å². The minimum Gasteiger partial charge on any atom is -0.389 e. The van der Waals surface area contributed by atoms with Crippen LogP contribution >= 0.6 is 0 Å². The Kier molecular flexibility index (Phi) is 3.01. The van der Waals surface area contributed by atoms with E-state index in [0.29, 0.717) is 42.7 Å². The number of fused-ring (bicyclic) bond motifs is 5. The quantitative estimate of drug-likeness (QED) is 0.700. The lowest BCUT2D eigenvalue weighted by Gasteiger charge is -2.57. The summed E-state index contributed by atoms with van der Waals surface area (Å²) in [5.74, 6) is 1.67. The molecule has 0 bridgehead atoms. The van der Waals surface area contributed by atoms with Crippen LogP contribution in [-0.4, -0.2) is 22.8 Å². The number of hydrogen-bond acceptors (Lipinski definition) is 3. The van der Waals surface area contributed by atoms with Crippen molar-refractivity contribution in [3.05, 3.63) is 11.6 Å². The second kappa shape index (κ2) is 4.53. The summed E-state index contributed by atoms with van der Waals surface area (Å²) in [4.78, 5) is 24.2. The predicted molar refractivity (Wildman–Crippen MR) is 83.1 cm³/mol. The predicted octanol–water partition coefficient (Wildman–Crippen LogP) is 3.06. The Hall–Kier alpha value is -0.960. The fourth-order valence-electron chi connectivity index (χ4n) is 6.24. The third-order valence-electron chi connectivity index (χ3n) is 7.67. The lowest BCUT2D eigenvalue weighted by Crippen LogP contribution is -2.54. The molecule has 3 saturated carbocycles. The second-order valence-electron chi connectivity index (χ2n) is 8.52. The van der Waals surface area contributed by atoms with Crippen LogP contribution < -0.4 is 0 Å². The van der Waals surface area contributed by atoms with E-state index in [2.05, 4.69) is 13.8 Å². The lowest BCUT2D eigenvalue weighted by atomic mass is 9.47. The average molecular weight is 302 g/mol. The number of aliphatic hydroxyl groups excluding tert-OH is 1. The van der Waals surface area contributed by atoms with E-state index in [9.17, 15) is 14.7 Å². The van der Waals surface area contributed by atoms with Crippen LogP contribution in [0.25, 0.3) is 0 Å². The van der Waals surface area contributed by atoms with E-state index in [4.69, 9.17) is 0 Å². The number of hydrogen-bond donors (Lipinski definition) is 1. The Bertz CT molecular complexity index is 577. The fraction of sp³-hybridized carbons (Fsp3) is 0.789.